The maximum Gasteiger partial charge on any atom is 0.416 e. The molecule has 1 amide bonds. The monoisotopic (exact) mass is 484 g/mol. The van der Waals surface area contributed by atoms with E-state index in [-0.39, 0.29) is 12.0 Å². The number of halogens is 8. The molecule has 3 rings (SSSR count). The van der Waals surface area contributed by atoms with Crippen molar-refractivity contribution < 1.29 is 31.1 Å². The molecule has 31 heavy (non-hydrogen) atoms. The van der Waals surface area contributed by atoms with Gasteiger partial charge in [0, 0.05) is 31.6 Å². The van der Waals surface area contributed by atoms with Crippen molar-refractivity contribution >= 4 is 29.1 Å². The molecule has 168 valence electrons. The van der Waals surface area contributed by atoms with Crippen LogP contribution in [0, 0.1) is 0 Å². The van der Waals surface area contributed by atoms with Crippen LogP contribution in [0.3, 0.4) is 0 Å². The second-order valence-corrected chi connectivity index (χ2v) is 8.03. The molecule has 0 unspecified atom stereocenters. The van der Waals surface area contributed by atoms with Gasteiger partial charge in [-0.1, -0.05) is 29.3 Å². The lowest BCUT2D eigenvalue weighted by molar-refractivity contribution is -0.143. The number of benzene rings is 2. The Morgan fingerprint density at radius 3 is 2.03 bits per heavy atom. The van der Waals surface area contributed by atoms with Crippen LogP contribution in [0.5, 0.6) is 0 Å². The molecular weight excluding hydrogens is 469 g/mol. The average Bonchev–Trinajstić information content (AvgIpc) is 3.17. The summed E-state index contributed by atoms with van der Waals surface area (Å²) in [5.74, 6) is -1.23. The van der Waals surface area contributed by atoms with E-state index in [9.17, 15) is 31.1 Å². The predicted molar refractivity (Wildman–Crippen MR) is 104 cm³/mol. The number of nitrogens with zero attached hydrogens (tertiary/aromatic N) is 1. The van der Waals surface area contributed by atoms with E-state index in [4.69, 9.17) is 23.2 Å². The van der Waals surface area contributed by atoms with Gasteiger partial charge in [-0.25, -0.2) is 0 Å². The van der Waals surface area contributed by atoms with E-state index in [1.807, 2.05) is 0 Å². The van der Waals surface area contributed by atoms with Gasteiger partial charge in [-0.3, -0.25) is 4.79 Å². The van der Waals surface area contributed by atoms with Crippen molar-refractivity contribution in [2.45, 2.75) is 24.3 Å². The van der Waals surface area contributed by atoms with E-state index in [0.29, 0.717) is 35.3 Å². The van der Waals surface area contributed by atoms with Gasteiger partial charge >= 0.3 is 12.4 Å². The van der Waals surface area contributed by atoms with Crippen LogP contribution in [0.1, 0.15) is 33.0 Å². The number of hydrogen-bond donors (Lipinski definition) is 1. The third-order valence-corrected chi connectivity index (χ3v) is 5.95. The number of carbonyl (C=O) groups excluding carboxylic acids is 1. The number of likely N-dealkylation sites (N-methyl/N-ethyl adjacent to an activating group) is 1. The molecule has 0 aliphatic carbocycles. The highest BCUT2D eigenvalue weighted by Crippen LogP contribution is 2.37. The van der Waals surface area contributed by atoms with Crippen LogP contribution in [0.2, 0.25) is 10.0 Å². The van der Waals surface area contributed by atoms with Gasteiger partial charge in [-0.2, -0.15) is 26.3 Å². The topological polar surface area (TPSA) is 32.3 Å². The Hall–Kier alpha value is -1.97. The summed E-state index contributed by atoms with van der Waals surface area (Å²) in [6.07, 6.45) is -10.1. The third-order valence-electron chi connectivity index (χ3n) is 5.21. The van der Waals surface area contributed by atoms with Crippen molar-refractivity contribution in [2.24, 2.45) is 0 Å². The summed E-state index contributed by atoms with van der Waals surface area (Å²) < 4.78 is 78.8. The lowest BCUT2D eigenvalue weighted by Crippen LogP contribution is -2.41. The number of hydrogen-bond acceptors (Lipinski definition) is 2. The molecule has 1 heterocycles. The molecule has 0 saturated carbocycles. The van der Waals surface area contributed by atoms with E-state index < -0.39 is 41.0 Å². The van der Waals surface area contributed by atoms with Crippen LogP contribution >= 0.6 is 23.2 Å². The quantitative estimate of drug-likeness (QED) is 0.553. The summed E-state index contributed by atoms with van der Waals surface area (Å²) in [4.78, 5) is 14.1. The molecule has 11 heteroatoms. The standard InChI is InChI=1S/C20H16Cl2F6N2O/c1-30(17-9-29-8-14(17)10-2-3-15(21)16(22)6-10)18(31)11-4-12(19(23,24)25)7-13(5-11)20(26,27)28/h2-7,14,17,29H,8-9H2,1H3/t14-,17-/m1/s1. The molecule has 0 spiro atoms. The second-order valence-electron chi connectivity index (χ2n) is 7.22. The van der Waals surface area contributed by atoms with Crippen molar-refractivity contribution in [1.29, 1.82) is 0 Å². The van der Waals surface area contributed by atoms with E-state index in [2.05, 4.69) is 5.32 Å². The van der Waals surface area contributed by atoms with Crippen LogP contribution in [-0.4, -0.2) is 37.0 Å². The summed E-state index contributed by atoms with van der Waals surface area (Å²) in [7, 11) is 1.35. The molecule has 3 nitrogen and oxygen atoms in total. The van der Waals surface area contributed by atoms with Crippen molar-refractivity contribution in [3.05, 3.63) is 68.7 Å². The number of carbonyl (C=O) groups is 1. The summed E-state index contributed by atoms with van der Waals surface area (Å²) >= 11 is 12.0. The minimum Gasteiger partial charge on any atom is -0.337 e. The number of rotatable bonds is 3. The maximum atomic E-state index is 13.1. The molecule has 1 fully saturated rings. The largest absolute Gasteiger partial charge is 0.416 e. The van der Waals surface area contributed by atoms with Crippen molar-refractivity contribution in [3.8, 4) is 0 Å². The Labute approximate surface area is 183 Å². The summed E-state index contributed by atoms with van der Waals surface area (Å²) in [5.41, 5.74) is -3.03. The summed E-state index contributed by atoms with van der Waals surface area (Å²) in [6, 6.07) is 5.26. The molecule has 1 saturated heterocycles. The van der Waals surface area contributed by atoms with Gasteiger partial charge in [-0.05, 0) is 35.9 Å². The summed E-state index contributed by atoms with van der Waals surface area (Å²) in [5, 5.41) is 3.72. The maximum absolute atomic E-state index is 13.1. The van der Waals surface area contributed by atoms with Crippen molar-refractivity contribution in [2.75, 3.05) is 20.1 Å². The normalized spacial score (nSPS) is 19.5. The molecule has 0 bridgehead atoms. The molecule has 2 aromatic rings. The molecule has 2 atom stereocenters. The first kappa shape index (κ1) is 23.7. The Kier molecular flexibility index (Phi) is 6.51. The van der Waals surface area contributed by atoms with Crippen molar-refractivity contribution in [1.82, 2.24) is 10.2 Å². The minimum absolute atomic E-state index is 0.00752. The van der Waals surface area contributed by atoms with E-state index in [1.54, 1.807) is 18.2 Å². The molecule has 0 aromatic heterocycles. The Bertz CT molecular complexity index is 960. The zero-order valence-corrected chi connectivity index (χ0v) is 17.4. The fraction of sp³-hybridized carbons (Fsp3) is 0.350. The van der Waals surface area contributed by atoms with Crippen LogP contribution in [-0.2, 0) is 12.4 Å². The fourth-order valence-corrected chi connectivity index (χ4v) is 3.89. The highest BCUT2D eigenvalue weighted by Gasteiger charge is 2.39. The predicted octanol–water partition coefficient (Wildman–Crippen LogP) is 5.86. The van der Waals surface area contributed by atoms with Crippen molar-refractivity contribution in [3.63, 3.8) is 0 Å². The Morgan fingerprint density at radius 2 is 1.52 bits per heavy atom. The second kappa shape index (κ2) is 8.52. The Balaban J connectivity index is 1.95. The first-order valence-corrected chi connectivity index (χ1v) is 9.77. The van der Waals surface area contributed by atoms with Gasteiger partial charge in [-0.15, -0.1) is 0 Å². The van der Waals surface area contributed by atoms with Gasteiger partial charge in [0.05, 0.1) is 27.2 Å². The molecule has 1 N–H and O–H groups in total. The molecule has 1 aliphatic heterocycles. The van der Waals surface area contributed by atoms with Crippen LogP contribution in [0.4, 0.5) is 26.3 Å². The first-order chi connectivity index (χ1) is 14.3. The van der Waals surface area contributed by atoms with Gasteiger partial charge in [0.15, 0.2) is 0 Å². The third kappa shape index (κ3) is 5.10. The summed E-state index contributed by atoms with van der Waals surface area (Å²) in [6.45, 7) is 0.745. The lowest BCUT2D eigenvalue weighted by Gasteiger charge is -2.30. The molecular formula is C20H16Cl2F6N2O. The number of amides is 1. The SMILES string of the molecule is CN(C(=O)c1cc(C(F)(F)F)cc(C(F)(F)F)c1)[C@@H]1CNC[C@@H]1c1ccc(Cl)c(Cl)c1. The zero-order valence-electron chi connectivity index (χ0n) is 15.9. The molecule has 1 aliphatic rings. The van der Waals surface area contributed by atoms with Gasteiger partial charge in [0.2, 0.25) is 0 Å². The van der Waals surface area contributed by atoms with E-state index in [1.165, 1.54) is 7.05 Å². The number of alkyl halides is 6. The highest BCUT2D eigenvalue weighted by atomic mass is 35.5. The first-order valence-electron chi connectivity index (χ1n) is 9.01. The smallest absolute Gasteiger partial charge is 0.337 e. The van der Waals surface area contributed by atoms with Crippen LogP contribution < -0.4 is 5.32 Å². The molecule has 2 aromatic carbocycles. The average molecular weight is 485 g/mol. The van der Waals surface area contributed by atoms with Gasteiger partial charge < -0.3 is 10.2 Å². The van der Waals surface area contributed by atoms with Gasteiger partial charge in [0.25, 0.3) is 5.91 Å². The fourth-order valence-electron chi connectivity index (χ4n) is 3.59. The van der Waals surface area contributed by atoms with E-state index in [0.717, 1.165) is 10.5 Å². The zero-order chi connectivity index (χ0) is 23.1. The van der Waals surface area contributed by atoms with Crippen LogP contribution in [0.15, 0.2) is 36.4 Å². The lowest BCUT2D eigenvalue weighted by atomic mass is 9.93. The van der Waals surface area contributed by atoms with Gasteiger partial charge in [0.1, 0.15) is 0 Å². The van der Waals surface area contributed by atoms with Crippen LogP contribution in [0.25, 0.3) is 0 Å². The minimum atomic E-state index is -5.04. The molecule has 0 radical (unpaired) electrons. The Morgan fingerprint density at radius 1 is 0.935 bits per heavy atom. The highest BCUT2D eigenvalue weighted by molar-refractivity contribution is 6.42. The number of nitrogens with one attached hydrogen (secondary N) is 1. The van der Waals surface area contributed by atoms with E-state index >= 15 is 0 Å².